The molecule has 0 bridgehead atoms. The molecule has 2 N–H and O–H groups in total. The molecule has 2 heterocycles. The molecule has 1 unspecified atom stereocenters. The normalized spacial score (nSPS) is 14.5. The van der Waals surface area contributed by atoms with Crippen LogP contribution < -0.4 is 20.1 Å². The molecule has 8 nitrogen and oxygen atoms in total. The summed E-state index contributed by atoms with van der Waals surface area (Å²) in [7, 11) is 3.25. The molecule has 0 fully saturated rings. The van der Waals surface area contributed by atoms with Crippen LogP contribution in [-0.4, -0.2) is 34.9 Å². The largest absolute Gasteiger partial charge is 0.497 e. The number of ether oxygens (including phenoxy) is 2. The summed E-state index contributed by atoms with van der Waals surface area (Å²) < 4.78 is 12.2. The first-order valence-electron chi connectivity index (χ1n) is 11.4. The second kappa shape index (κ2) is 10.2. The van der Waals surface area contributed by atoms with Crippen molar-refractivity contribution in [2.75, 3.05) is 24.9 Å². The van der Waals surface area contributed by atoms with Crippen molar-refractivity contribution >= 4 is 29.6 Å². The van der Waals surface area contributed by atoms with Crippen LogP contribution in [0, 0.1) is 0 Å². The number of methoxy groups -OCH3 is 2. The number of nitrogens with zero attached hydrogens (tertiary/aromatic N) is 3. The number of rotatable bonds is 7. The van der Waals surface area contributed by atoms with Gasteiger partial charge in [-0.1, -0.05) is 54.6 Å². The molecule has 1 aliphatic heterocycles. The Morgan fingerprint density at radius 1 is 0.944 bits per heavy atom. The first-order valence-corrected chi connectivity index (χ1v) is 11.4. The van der Waals surface area contributed by atoms with Crippen molar-refractivity contribution in [3.05, 3.63) is 108 Å². The molecule has 4 aromatic rings. The van der Waals surface area contributed by atoms with Crippen LogP contribution in [0.1, 0.15) is 22.7 Å². The third-order valence-corrected chi connectivity index (χ3v) is 5.79. The Hall–Kier alpha value is -4.85. The van der Waals surface area contributed by atoms with Gasteiger partial charge in [0.05, 0.1) is 14.2 Å². The molecule has 0 saturated heterocycles. The van der Waals surface area contributed by atoms with E-state index in [9.17, 15) is 4.79 Å². The van der Waals surface area contributed by atoms with Gasteiger partial charge in [0, 0.05) is 11.8 Å². The molecule has 0 radical (unpaired) electrons. The number of hydrogen-bond acceptors (Lipinski definition) is 6. The molecule has 0 spiro atoms. The first kappa shape index (κ1) is 22.9. The fourth-order valence-corrected chi connectivity index (χ4v) is 3.91. The van der Waals surface area contributed by atoms with Crippen LogP contribution in [0.5, 0.6) is 11.5 Å². The highest BCUT2D eigenvalue weighted by Gasteiger charge is 2.25. The molecule has 0 saturated carbocycles. The highest BCUT2D eigenvalue weighted by atomic mass is 16.5. The molecule has 36 heavy (non-hydrogen) atoms. The minimum Gasteiger partial charge on any atom is -0.497 e. The number of fused-ring (bicyclic) bond motifs is 1. The number of nitrogens with one attached hydrogen (secondary N) is 2. The second-order valence-electron chi connectivity index (χ2n) is 8.09. The fraction of sp³-hybridized carbons (Fsp3) is 0.107. The lowest BCUT2D eigenvalue weighted by Gasteiger charge is -2.24. The zero-order valence-electron chi connectivity index (χ0n) is 19.9. The summed E-state index contributed by atoms with van der Waals surface area (Å²) in [4.78, 5) is 17.1. The summed E-state index contributed by atoms with van der Waals surface area (Å²) in [5, 5.41) is 10.7. The summed E-state index contributed by atoms with van der Waals surface area (Å²) in [6.07, 6.45) is 5.26. The molecule has 3 aromatic carbocycles. The van der Waals surface area contributed by atoms with Crippen LogP contribution in [-0.2, 0) is 4.79 Å². The molecule has 0 aliphatic carbocycles. The Morgan fingerprint density at radius 3 is 2.28 bits per heavy atom. The standard InChI is InChI=1S/C28H25N5O3/c1-35-22-13-8-19(9-14-22)10-17-26(34)30-27-31-28-29-24(20-6-4-3-5-7-20)18-25(33(28)32-27)21-11-15-23(36-2)16-12-21/h3-18,25H,1-2H3,(H2,29,30,31,32,34)/b17-10+. The molecule has 1 aliphatic rings. The van der Waals surface area contributed by atoms with Crippen LogP contribution in [0.15, 0.2) is 91.0 Å². The quantitative estimate of drug-likeness (QED) is 0.363. The number of carbonyl (C=O) groups is 1. The highest BCUT2D eigenvalue weighted by molar-refractivity contribution is 6.01. The van der Waals surface area contributed by atoms with E-state index in [0.29, 0.717) is 5.95 Å². The molecule has 1 amide bonds. The number of anilines is 2. The van der Waals surface area contributed by atoms with E-state index in [1.54, 1.807) is 25.0 Å². The van der Waals surface area contributed by atoms with E-state index in [1.165, 1.54) is 6.08 Å². The monoisotopic (exact) mass is 479 g/mol. The van der Waals surface area contributed by atoms with E-state index >= 15 is 0 Å². The van der Waals surface area contributed by atoms with Crippen LogP contribution in [0.2, 0.25) is 0 Å². The van der Waals surface area contributed by atoms with E-state index in [0.717, 1.165) is 33.9 Å². The Balaban J connectivity index is 1.40. The number of benzene rings is 3. The summed E-state index contributed by atoms with van der Waals surface area (Å²) in [5.41, 5.74) is 3.82. The number of allylic oxidation sites excluding steroid dienone is 1. The number of carbonyl (C=O) groups excluding carboxylic acids is 1. The van der Waals surface area contributed by atoms with Gasteiger partial charge < -0.3 is 14.8 Å². The van der Waals surface area contributed by atoms with Gasteiger partial charge in [-0.2, -0.15) is 4.98 Å². The molecular weight excluding hydrogens is 454 g/mol. The summed E-state index contributed by atoms with van der Waals surface area (Å²) >= 11 is 0. The lowest BCUT2D eigenvalue weighted by atomic mass is 10.0. The Labute approximate surface area is 208 Å². The predicted molar refractivity (Wildman–Crippen MR) is 140 cm³/mol. The van der Waals surface area contributed by atoms with Crippen LogP contribution in [0.3, 0.4) is 0 Å². The van der Waals surface area contributed by atoms with Crippen LogP contribution in [0.4, 0.5) is 11.9 Å². The van der Waals surface area contributed by atoms with Crippen molar-refractivity contribution in [2.24, 2.45) is 0 Å². The van der Waals surface area contributed by atoms with Crippen molar-refractivity contribution in [3.63, 3.8) is 0 Å². The first-order chi connectivity index (χ1) is 17.6. The van der Waals surface area contributed by atoms with Gasteiger partial charge in [0.25, 0.3) is 11.9 Å². The van der Waals surface area contributed by atoms with Crippen molar-refractivity contribution < 1.29 is 14.3 Å². The molecule has 180 valence electrons. The molecule has 1 aromatic heterocycles. The minimum absolute atomic E-state index is 0.211. The zero-order chi connectivity index (χ0) is 24.9. The van der Waals surface area contributed by atoms with Crippen molar-refractivity contribution in [1.29, 1.82) is 0 Å². The summed E-state index contributed by atoms with van der Waals surface area (Å²) in [6, 6.07) is 25.0. The van der Waals surface area contributed by atoms with Gasteiger partial charge in [0.2, 0.25) is 5.95 Å². The van der Waals surface area contributed by atoms with Crippen LogP contribution in [0.25, 0.3) is 11.8 Å². The van der Waals surface area contributed by atoms with Gasteiger partial charge in [-0.05, 0) is 53.1 Å². The summed E-state index contributed by atoms with van der Waals surface area (Å²) in [6.45, 7) is 0. The molecular formula is C28H25N5O3. The van der Waals surface area contributed by atoms with Gasteiger partial charge in [-0.3, -0.25) is 10.1 Å². The maximum atomic E-state index is 12.6. The lowest BCUT2D eigenvalue weighted by Crippen LogP contribution is -2.20. The second-order valence-corrected chi connectivity index (χ2v) is 8.09. The Morgan fingerprint density at radius 2 is 1.61 bits per heavy atom. The van der Waals surface area contributed by atoms with E-state index in [4.69, 9.17) is 9.47 Å². The smallest absolute Gasteiger partial charge is 0.250 e. The van der Waals surface area contributed by atoms with Gasteiger partial charge in [-0.15, -0.1) is 5.10 Å². The van der Waals surface area contributed by atoms with Gasteiger partial charge in [0.1, 0.15) is 17.5 Å². The highest BCUT2D eigenvalue weighted by Crippen LogP contribution is 2.33. The van der Waals surface area contributed by atoms with E-state index in [2.05, 4.69) is 26.8 Å². The van der Waals surface area contributed by atoms with Gasteiger partial charge in [-0.25, -0.2) is 4.68 Å². The van der Waals surface area contributed by atoms with Gasteiger partial charge in [0.15, 0.2) is 0 Å². The third-order valence-electron chi connectivity index (χ3n) is 5.79. The number of aromatic nitrogens is 3. The lowest BCUT2D eigenvalue weighted by molar-refractivity contribution is -0.111. The topological polar surface area (TPSA) is 90.3 Å². The average Bonchev–Trinajstić information content (AvgIpc) is 3.34. The molecule has 5 rings (SSSR count). The predicted octanol–water partition coefficient (Wildman–Crippen LogP) is 5.00. The maximum Gasteiger partial charge on any atom is 0.250 e. The maximum absolute atomic E-state index is 12.6. The zero-order valence-corrected chi connectivity index (χ0v) is 19.9. The fourth-order valence-electron chi connectivity index (χ4n) is 3.91. The number of amides is 1. The van der Waals surface area contributed by atoms with Gasteiger partial charge >= 0.3 is 0 Å². The minimum atomic E-state index is -0.328. The molecule has 8 heteroatoms. The van der Waals surface area contributed by atoms with Crippen molar-refractivity contribution in [1.82, 2.24) is 14.8 Å². The van der Waals surface area contributed by atoms with E-state index in [-0.39, 0.29) is 17.9 Å². The van der Waals surface area contributed by atoms with E-state index in [1.807, 2.05) is 78.9 Å². The SMILES string of the molecule is COc1ccc(/C=C/C(=O)Nc2nc3n(n2)C(c2ccc(OC)cc2)C=C(c2ccccc2)N3)cc1. The Bertz CT molecular complexity index is 1410. The van der Waals surface area contributed by atoms with Crippen molar-refractivity contribution in [2.45, 2.75) is 6.04 Å². The molecule has 1 atom stereocenters. The van der Waals surface area contributed by atoms with Crippen LogP contribution >= 0.6 is 0 Å². The third kappa shape index (κ3) is 4.97. The summed E-state index contributed by atoms with van der Waals surface area (Å²) in [5.74, 6) is 1.95. The van der Waals surface area contributed by atoms with E-state index < -0.39 is 0 Å². The Kier molecular flexibility index (Phi) is 6.48. The number of hydrogen-bond donors (Lipinski definition) is 2. The average molecular weight is 480 g/mol. The van der Waals surface area contributed by atoms with Crippen molar-refractivity contribution in [3.8, 4) is 11.5 Å².